The predicted molar refractivity (Wildman–Crippen MR) is 121 cm³/mol. The first kappa shape index (κ1) is 21.2. The molecule has 1 aliphatic heterocycles. The standard InChI is InChI=1S/C22H24N2O3S3/c25-22(23(16-19-8-5-13-28-19)17-20-9-6-14-29-20)18-7-4-10-21(15-18)30(26,27)24-11-2-1-3-12-24/h4-10,13-15H,1-3,11-12,16-17H2. The number of piperidine rings is 1. The molecule has 0 spiro atoms. The van der Waals surface area contributed by atoms with Gasteiger partial charge in [-0.05, 0) is 53.9 Å². The molecular weight excluding hydrogens is 436 g/mol. The van der Waals surface area contributed by atoms with Crippen LogP contribution in [0.3, 0.4) is 0 Å². The Morgan fingerprint density at radius 3 is 2.10 bits per heavy atom. The van der Waals surface area contributed by atoms with Crippen molar-refractivity contribution in [1.82, 2.24) is 9.21 Å². The molecular formula is C22H24N2O3S3. The summed E-state index contributed by atoms with van der Waals surface area (Å²) in [6, 6.07) is 14.4. The fraction of sp³-hybridized carbons (Fsp3) is 0.318. The van der Waals surface area contributed by atoms with Crippen LogP contribution in [0.1, 0.15) is 39.4 Å². The molecule has 5 nitrogen and oxygen atoms in total. The van der Waals surface area contributed by atoms with Gasteiger partial charge in [0.1, 0.15) is 0 Å². The fourth-order valence-corrected chi connectivity index (χ4v) is 6.61. The van der Waals surface area contributed by atoms with E-state index in [1.807, 2.05) is 35.0 Å². The average Bonchev–Trinajstić information content (AvgIpc) is 3.48. The smallest absolute Gasteiger partial charge is 0.254 e. The average molecular weight is 461 g/mol. The van der Waals surface area contributed by atoms with E-state index in [2.05, 4.69) is 0 Å². The summed E-state index contributed by atoms with van der Waals surface area (Å²) in [5.74, 6) is -0.160. The summed E-state index contributed by atoms with van der Waals surface area (Å²) in [6.07, 6.45) is 2.82. The maximum atomic E-state index is 13.4. The Labute approximate surface area is 185 Å². The largest absolute Gasteiger partial charge is 0.328 e. The third kappa shape index (κ3) is 4.83. The number of carbonyl (C=O) groups excluding carboxylic acids is 1. The number of hydrogen-bond donors (Lipinski definition) is 0. The van der Waals surface area contributed by atoms with Gasteiger partial charge in [-0.15, -0.1) is 22.7 Å². The Morgan fingerprint density at radius 2 is 1.53 bits per heavy atom. The molecule has 1 aliphatic rings. The van der Waals surface area contributed by atoms with E-state index in [0.717, 1.165) is 29.0 Å². The van der Waals surface area contributed by atoms with Crippen molar-refractivity contribution in [3.63, 3.8) is 0 Å². The molecule has 2 aromatic heterocycles. The van der Waals surface area contributed by atoms with Crippen LogP contribution in [0.4, 0.5) is 0 Å². The summed E-state index contributed by atoms with van der Waals surface area (Å²) >= 11 is 3.22. The van der Waals surface area contributed by atoms with E-state index < -0.39 is 10.0 Å². The molecule has 3 heterocycles. The minimum atomic E-state index is -3.58. The van der Waals surface area contributed by atoms with Crippen molar-refractivity contribution in [1.29, 1.82) is 0 Å². The molecule has 1 amide bonds. The van der Waals surface area contributed by atoms with E-state index >= 15 is 0 Å². The molecule has 30 heavy (non-hydrogen) atoms. The highest BCUT2D eigenvalue weighted by Gasteiger charge is 2.27. The second kappa shape index (κ2) is 9.43. The van der Waals surface area contributed by atoms with Crippen LogP contribution in [-0.4, -0.2) is 36.6 Å². The minimum absolute atomic E-state index is 0.160. The molecule has 4 rings (SSSR count). The van der Waals surface area contributed by atoms with Crippen LogP contribution in [-0.2, 0) is 23.1 Å². The number of carbonyl (C=O) groups is 1. The van der Waals surface area contributed by atoms with E-state index in [-0.39, 0.29) is 10.8 Å². The highest BCUT2D eigenvalue weighted by atomic mass is 32.2. The summed E-state index contributed by atoms with van der Waals surface area (Å²) < 4.78 is 27.6. The van der Waals surface area contributed by atoms with Crippen LogP contribution in [0.15, 0.2) is 64.2 Å². The van der Waals surface area contributed by atoms with Crippen molar-refractivity contribution < 1.29 is 13.2 Å². The first-order valence-electron chi connectivity index (χ1n) is 9.98. The summed E-state index contributed by atoms with van der Waals surface area (Å²) in [5.41, 5.74) is 0.404. The quantitative estimate of drug-likeness (QED) is 0.508. The van der Waals surface area contributed by atoms with Crippen LogP contribution in [0.2, 0.25) is 0 Å². The molecule has 1 fully saturated rings. The van der Waals surface area contributed by atoms with Gasteiger partial charge in [0.2, 0.25) is 10.0 Å². The number of benzene rings is 1. The molecule has 8 heteroatoms. The topological polar surface area (TPSA) is 57.7 Å². The third-order valence-electron chi connectivity index (χ3n) is 5.17. The highest BCUT2D eigenvalue weighted by Crippen LogP contribution is 2.24. The predicted octanol–water partition coefficient (Wildman–Crippen LogP) is 4.83. The lowest BCUT2D eigenvalue weighted by atomic mass is 10.2. The molecule has 1 aromatic carbocycles. The van der Waals surface area contributed by atoms with Gasteiger partial charge in [0.15, 0.2) is 0 Å². The third-order valence-corrected chi connectivity index (χ3v) is 8.79. The molecule has 0 N–H and O–H groups in total. The lowest BCUT2D eigenvalue weighted by Crippen LogP contribution is -2.35. The molecule has 158 valence electrons. The summed E-state index contributed by atoms with van der Waals surface area (Å²) in [7, 11) is -3.58. The zero-order valence-corrected chi connectivity index (χ0v) is 19.0. The van der Waals surface area contributed by atoms with E-state index in [9.17, 15) is 13.2 Å². The number of rotatable bonds is 7. The van der Waals surface area contributed by atoms with Gasteiger partial charge >= 0.3 is 0 Å². The van der Waals surface area contributed by atoms with E-state index in [4.69, 9.17) is 0 Å². The zero-order chi connectivity index (χ0) is 21.0. The monoisotopic (exact) mass is 460 g/mol. The van der Waals surface area contributed by atoms with Gasteiger partial charge in [-0.25, -0.2) is 8.42 Å². The lowest BCUT2D eigenvalue weighted by molar-refractivity contribution is 0.0733. The van der Waals surface area contributed by atoms with Crippen molar-refractivity contribution >= 4 is 38.6 Å². The van der Waals surface area contributed by atoms with Crippen molar-refractivity contribution in [3.8, 4) is 0 Å². The molecule has 0 unspecified atom stereocenters. The summed E-state index contributed by atoms with van der Waals surface area (Å²) in [5, 5.41) is 3.99. The molecule has 0 saturated carbocycles. The molecule has 3 aromatic rings. The van der Waals surface area contributed by atoms with E-state index in [0.29, 0.717) is 31.7 Å². The van der Waals surface area contributed by atoms with Crippen molar-refractivity contribution in [2.75, 3.05) is 13.1 Å². The summed E-state index contributed by atoms with van der Waals surface area (Å²) in [4.78, 5) is 17.5. The van der Waals surface area contributed by atoms with Gasteiger partial charge in [0.25, 0.3) is 5.91 Å². The van der Waals surface area contributed by atoms with Crippen LogP contribution < -0.4 is 0 Å². The SMILES string of the molecule is O=C(c1cccc(S(=O)(=O)N2CCCCC2)c1)N(Cc1cccs1)Cc1cccs1. The Morgan fingerprint density at radius 1 is 0.900 bits per heavy atom. The Kier molecular flexibility index (Phi) is 6.67. The maximum Gasteiger partial charge on any atom is 0.254 e. The molecule has 0 aliphatic carbocycles. The summed E-state index contributed by atoms with van der Waals surface area (Å²) in [6.45, 7) is 2.09. The number of hydrogen-bond acceptors (Lipinski definition) is 5. The zero-order valence-electron chi connectivity index (χ0n) is 16.6. The normalized spacial score (nSPS) is 15.2. The lowest BCUT2D eigenvalue weighted by Gasteiger charge is -2.26. The number of amides is 1. The Balaban J connectivity index is 1.60. The molecule has 1 saturated heterocycles. The van der Waals surface area contributed by atoms with Gasteiger partial charge in [-0.1, -0.05) is 24.6 Å². The number of nitrogens with zero attached hydrogens (tertiary/aromatic N) is 2. The molecule has 0 radical (unpaired) electrons. The van der Waals surface area contributed by atoms with Crippen molar-refractivity contribution in [2.45, 2.75) is 37.2 Å². The maximum absolute atomic E-state index is 13.4. The van der Waals surface area contributed by atoms with Crippen molar-refractivity contribution in [2.24, 2.45) is 0 Å². The van der Waals surface area contributed by atoms with Gasteiger partial charge in [0, 0.05) is 28.4 Å². The highest BCUT2D eigenvalue weighted by molar-refractivity contribution is 7.89. The van der Waals surface area contributed by atoms with Crippen LogP contribution in [0.25, 0.3) is 0 Å². The second-order valence-electron chi connectivity index (χ2n) is 7.31. The Hall–Kier alpha value is -2.00. The van der Waals surface area contributed by atoms with E-state index in [1.165, 1.54) is 10.4 Å². The first-order chi connectivity index (χ1) is 14.5. The fourth-order valence-electron chi connectivity index (χ4n) is 3.61. The van der Waals surface area contributed by atoms with Gasteiger partial charge in [-0.3, -0.25) is 4.79 Å². The van der Waals surface area contributed by atoms with Crippen LogP contribution in [0, 0.1) is 0 Å². The van der Waals surface area contributed by atoms with Crippen LogP contribution >= 0.6 is 22.7 Å². The van der Waals surface area contributed by atoms with Gasteiger partial charge in [0.05, 0.1) is 18.0 Å². The number of thiophene rings is 2. The van der Waals surface area contributed by atoms with E-state index in [1.54, 1.807) is 45.8 Å². The first-order valence-corrected chi connectivity index (χ1v) is 13.2. The van der Waals surface area contributed by atoms with Gasteiger partial charge in [-0.2, -0.15) is 4.31 Å². The van der Waals surface area contributed by atoms with Gasteiger partial charge < -0.3 is 4.90 Å². The Bertz CT molecular complexity index is 1030. The molecule has 0 bridgehead atoms. The van der Waals surface area contributed by atoms with Crippen LogP contribution in [0.5, 0.6) is 0 Å². The van der Waals surface area contributed by atoms with Crippen molar-refractivity contribution in [3.05, 3.63) is 74.6 Å². The minimum Gasteiger partial charge on any atom is -0.328 e. The number of sulfonamides is 1. The molecule has 0 atom stereocenters. The second-order valence-corrected chi connectivity index (χ2v) is 11.3.